The molecule has 1 amide bonds. The van der Waals surface area contributed by atoms with Gasteiger partial charge in [-0.2, -0.15) is 10.2 Å². The summed E-state index contributed by atoms with van der Waals surface area (Å²) < 4.78 is 25.5. The van der Waals surface area contributed by atoms with Crippen LogP contribution >= 0.6 is 0 Å². The van der Waals surface area contributed by atoms with Gasteiger partial charge in [-0.3, -0.25) is 24.5 Å². The minimum atomic E-state index is -2.37. The average Bonchev–Trinajstić information content (AvgIpc) is 3.40. The van der Waals surface area contributed by atoms with Crippen LogP contribution in [-0.2, 0) is 23.4 Å². The molecule has 1 fully saturated rings. The number of imidazole rings is 1. The summed E-state index contributed by atoms with van der Waals surface area (Å²) >= 11 is 0. The molecule has 0 saturated carbocycles. The smallest absolute Gasteiger partial charge is 0.433 e. The van der Waals surface area contributed by atoms with E-state index in [0.29, 0.717) is 6.42 Å². The first-order valence-electron chi connectivity index (χ1n) is 13.0. The molecule has 3 rings (SSSR count). The molecule has 0 bridgehead atoms. The molecule has 0 aliphatic carbocycles. The number of H-pyrrole nitrogens is 1. The summed E-state index contributed by atoms with van der Waals surface area (Å²) in [6.07, 6.45) is -2.06. The van der Waals surface area contributed by atoms with E-state index in [1.807, 2.05) is 13.0 Å². The maximum atomic E-state index is 12.8. The molecular formula is C25H38N6O7Si. The summed E-state index contributed by atoms with van der Waals surface area (Å²) in [5, 5.41) is 11.2. The van der Waals surface area contributed by atoms with Gasteiger partial charge in [0.05, 0.1) is 24.9 Å². The summed E-state index contributed by atoms with van der Waals surface area (Å²) in [4.78, 5) is 48.8. The largest absolute Gasteiger partial charge is 0.508 e. The van der Waals surface area contributed by atoms with E-state index < -0.39 is 44.6 Å². The number of carbonyl (C=O) groups excluding carboxylic acids is 2. The van der Waals surface area contributed by atoms with E-state index >= 15 is 0 Å². The van der Waals surface area contributed by atoms with Crippen molar-refractivity contribution in [1.82, 2.24) is 19.5 Å². The molecular weight excluding hydrogens is 524 g/mol. The minimum absolute atomic E-state index is 0.0188. The molecule has 1 aliphatic heterocycles. The number of carbonyl (C=O) groups is 2. The number of nitriles is 1. The Morgan fingerprint density at radius 1 is 1.31 bits per heavy atom. The van der Waals surface area contributed by atoms with Crippen molar-refractivity contribution in [2.24, 2.45) is 5.92 Å². The second kappa shape index (κ2) is 11.8. The van der Waals surface area contributed by atoms with Gasteiger partial charge in [0.1, 0.15) is 12.7 Å². The van der Waals surface area contributed by atoms with Crippen LogP contribution < -0.4 is 10.9 Å². The maximum absolute atomic E-state index is 12.8. The third kappa shape index (κ3) is 6.66. The van der Waals surface area contributed by atoms with E-state index in [4.69, 9.17) is 23.9 Å². The van der Waals surface area contributed by atoms with Gasteiger partial charge in [-0.15, -0.1) is 0 Å². The highest BCUT2D eigenvalue weighted by Crippen LogP contribution is 2.43. The number of hydrogen-bond acceptors (Lipinski definition) is 10. The third-order valence-electron chi connectivity index (χ3n) is 7.06. The summed E-state index contributed by atoms with van der Waals surface area (Å²) in [5.41, 5.74) is -0.388. The van der Waals surface area contributed by atoms with Gasteiger partial charge in [0.25, 0.3) is 5.56 Å². The fourth-order valence-electron chi connectivity index (χ4n) is 3.80. The normalized spacial score (nSPS) is 21.6. The van der Waals surface area contributed by atoms with Crippen molar-refractivity contribution in [3.63, 3.8) is 0 Å². The molecule has 2 N–H and O–H groups in total. The van der Waals surface area contributed by atoms with Crippen LogP contribution in [0.25, 0.3) is 11.2 Å². The Kier molecular flexibility index (Phi) is 9.19. The van der Waals surface area contributed by atoms with E-state index in [0.717, 1.165) is 0 Å². The van der Waals surface area contributed by atoms with Gasteiger partial charge in [-0.1, -0.05) is 41.5 Å². The zero-order valence-electron chi connectivity index (χ0n) is 23.7. The van der Waals surface area contributed by atoms with Gasteiger partial charge < -0.3 is 18.6 Å². The molecule has 0 aromatic carbocycles. The molecule has 39 heavy (non-hydrogen) atoms. The number of ether oxygens (including phenoxy) is 3. The number of aromatic amines is 1. The topological polar surface area (TPSA) is 170 Å². The zero-order valence-corrected chi connectivity index (χ0v) is 24.7. The summed E-state index contributed by atoms with van der Waals surface area (Å²) in [6.45, 7) is 15.7. The van der Waals surface area contributed by atoms with Crippen LogP contribution in [0, 0.1) is 17.2 Å². The second-order valence-electron chi connectivity index (χ2n) is 11.3. The first kappa shape index (κ1) is 30.3. The molecule has 2 aromatic heterocycles. The summed E-state index contributed by atoms with van der Waals surface area (Å²) in [7, 11) is -2.37. The number of hydrogen-bond donors (Lipinski definition) is 2. The Hall–Kier alpha value is -3.28. The van der Waals surface area contributed by atoms with Crippen LogP contribution in [0.3, 0.4) is 0 Å². The van der Waals surface area contributed by atoms with Crippen molar-refractivity contribution < 1.29 is 28.2 Å². The fourth-order valence-corrected chi connectivity index (χ4v) is 5.12. The maximum Gasteiger partial charge on any atom is 0.508 e. The lowest BCUT2D eigenvalue weighted by Gasteiger charge is -2.40. The van der Waals surface area contributed by atoms with E-state index in [1.54, 1.807) is 13.8 Å². The lowest BCUT2D eigenvalue weighted by molar-refractivity contribution is -0.118. The van der Waals surface area contributed by atoms with Crippen molar-refractivity contribution in [2.45, 2.75) is 97.1 Å². The van der Waals surface area contributed by atoms with E-state index in [1.165, 1.54) is 10.9 Å². The van der Waals surface area contributed by atoms with Crippen molar-refractivity contribution in [3.05, 3.63) is 16.7 Å². The lowest BCUT2D eigenvalue weighted by Crippen LogP contribution is -2.50. The number of fused-ring (bicyclic) bond motifs is 1. The number of anilines is 1. The van der Waals surface area contributed by atoms with Crippen LogP contribution in [0.2, 0.25) is 18.1 Å². The number of nitrogens with one attached hydrogen (secondary N) is 2. The molecule has 0 unspecified atom stereocenters. The molecule has 4 atom stereocenters. The van der Waals surface area contributed by atoms with E-state index in [-0.39, 0.29) is 47.0 Å². The standard InChI is InChI=1S/C25H38N6O7Si/c1-9-15-17(38-39(7,8)25(4,5)6)18(37-24(34)35-12-10-11-26)22(36-15)31-13-27-16-19(31)28-23(30-21(16)33)29-20(32)14(2)3/h13-15,17-18,22H,9-10,12H2,1-8H3,(H2,28,29,30,32,33)/t15-,17-,18-,22-/m1/s1. The molecule has 14 heteroatoms. The SMILES string of the molecule is CC[C@H]1O[C@@H](n2cnc3c(=O)[nH]c(NC(=O)C(C)C)nc32)[C@H](OC(=O)OCCC#N)[C@@H]1O[Si](C)(C)C(C)(C)C. The van der Waals surface area contributed by atoms with Gasteiger partial charge >= 0.3 is 6.16 Å². The molecule has 2 aromatic rings. The lowest BCUT2D eigenvalue weighted by atomic mass is 10.1. The van der Waals surface area contributed by atoms with Gasteiger partial charge in [-0.05, 0) is 24.6 Å². The number of amides is 1. The minimum Gasteiger partial charge on any atom is -0.433 e. The Balaban J connectivity index is 2.06. The fraction of sp³-hybridized carbons (Fsp3) is 0.680. The average molecular weight is 563 g/mol. The molecule has 0 spiro atoms. The van der Waals surface area contributed by atoms with Crippen LogP contribution in [-0.4, -0.2) is 64.8 Å². The molecule has 3 heterocycles. The van der Waals surface area contributed by atoms with Crippen LogP contribution in [0.1, 0.15) is 60.6 Å². The summed E-state index contributed by atoms with van der Waals surface area (Å²) in [5.74, 6) is -0.700. The molecule has 1 aliphatic rings. The summed E-state index contributed by atoms with van der Waals surface area (Å²) in [6, 6.07) is 1.91. The van der Waals surface area contributed by atoms with E-state index in [9.17, 15) is 14.4 Å². The van der Waals surface area contributed by atoms with Crippen molar-refractivity contribution >= 4 is 37.5 Å². The molecule has 214 valence electrons. The predicted octanol–water partition coefficient (Wildman–Crippen LogP) is 3.85. The first-order valence-corrected chi connectivity index (χ1v) is 15.9. The highest BCUT2D eigenvalue weighted by Gasteiger charge is 2.52. The quantitative estimate of drug-likeness (QED) is 0.260. The highest BCUT2D eigenvalue weighted by molar-refractivity contribution is 6.74. The van der Waals surface area contributed by atoms with Crippen LogP contribution in [0.5, 0.6) is 0 Å². The zero-order chi connectivity index (χ0) is 29.1. The Morgan fingerprint density at radius 2 is 2.00 bits per heavy atom. The molecule has 13 nitrogen and oxygen atoms in total. The number of aromatic nitrogens is 4. The Morgan fingerprint density at radius 3 is 2.59 bits per heavy atom. The molecule has 1 saturated heterocycles. The number of nitrogens with zero attached hydrogens (tertiary/aromatic N) is 4. The van der Waals surface area contributed by atoms with Crippen LogP contribution in [0.15, 0.2) is 11.1 Å². The van der Waals surface area contributed by atoms with Crippen molar-refractivity contribution in [2.75, 3.05) is 11.9 Å². The van der Waals surface area contributed by atoms with E-state index in [2.05, 4.69) is 54.1 Å². The third-order valence-corrected chi connectivity index (χ3v) is 11.5. The monoisotopic (exact) mass is 562 g/mol. The van der Waals surface area contributed by atoms with Gasteiger partial charge in [0.15, 0.2) is 31.8 Å². The molecule has 0 radical (unpaired) electrons. The predicted molar refractivity (Wildman–Crippen MR) is 144 cm³/mol. The second-order valence-corrected chi connectivity index (χ2v) is 16.0. The first-order chi connectivity index (χ1) is 18.2. The van der Waals surface area contributed by atoms with Crippen molar-refractivity contribution in [3.8, 4) is 6.07 Å². The van der Waals surface area contributed by atoms with Gasteiger partial charge in [0, 0.05) is 5.92 Å². The number of rotatable bonds is 9. The van der Waals surface area contributed by atoms with Crippen molar-refractivity contribution in [1.29, 1.82) is 5.26 Å². The van der Waals surface area contributed by atoms with Gasteiger partial charge in [-0.25, -0.2) is 9.78 Å². The Bertz CT molecular complexity index is 1290. The van der Waals surface area contributed by atoms with Crippen LogP contribution in [0.4, 0.5) is 10.7 Å². The highest BCUT2D eigenvalue weighted by atomic mass is 28.4. The van der Waals surface area contributed by atoms with Gasteiger partial charge in [0.2, 0.25) is 11.9 Å². The Labute approximate surface area is 228 Å².